The summed E-state index contributed by atoms with van der Waals surface area (Å²) in [7, 11) is 3.29. The molecule has 1 aromatic rings. The summed E-state index contributed by atoms with van der Waals surface area (Å²) in [5, 5.41) is 16.3. The number of benzene rings is 1. The van der Waals surface area contributed by atoms with Gasteiger partial charge in [0, 0.05) is 38.2 Å². The minimum atomic E-state index is -0.243. The minimum absolute atomic E-state index is 0.243. The summed E-state index contributed by atoms with van der Waals surface area (Å²) in [4.78, 5) is 0. The van der Waals surface area contributed by atoms with E-state index in [4.69, 9.17) is 9.47 Å². The maximum atomic E-state index is 9.71. The summed E-state index contributed by atoms with van der Waals surface area (Å²) < 4.78 is 10.5. The molecule has 0 aliphatic carbocycles. The van der Waals surface area contributed by atoms with E-state index in [2.05, 4.69) is 10.6 Å². The van der Waals surface area contributed by atoms with Crippen LogP contribution in [0.1, 0.15) is 5.56 Å². The Hall–Kier alpha value is -1.30. The summed E-state index contributed by atoms with van der Waals surface area (Å²) >= 11 is 0. The minimum Gasteiger partial charge on any atom is -0.497 e. The molecule has 5 nitrogen and oxygen atoms in total. The van der Waals surface area contributed by atoms with Gasteiger partial charge in [-0.2, -0.15) is 0 Å². The van der Waals surface area contributed by atoms with Crippen LogP contribution < -0.4 is 20.1 Å². The van der Waals surface area contributed by atoms with Gasteiger partial charge in [-0.05, 0) is 17.7 Å². The summed E-state index contributed by atoms with van der Waals surface area (Å²) in [5.41, 5.74) is 1.11. The van der Waals surface area contributed by atoms with Crippen molar-refractivity contribution in [2.24, 2.45) is 5.92 Å². The fourth-order valence-electron chi connectivity index (χ4n) is 2.30. The van der Waals surface area contributed by atoms with E-state index in [-0.39, 0.29) is 12.0 Å². The third-order valence-corrected chi connectivity index (χ3v) is 3.45. The lowest BCUT2D eigenvalue weighted by molar-refractivity contribution is 0.146. The molecule has 0 aromatic heterocycles. The first-order chi connectivity index (χ1) is 9.22. The number of hydrogen-bond donors (Lipinski definition) is 3. The van der Waals surface area contributed by atoms with Gasteiger partial charge in [-0.3, -0.25) is 0 Å². The van der Waals surface area contributed by atoms with Gasteiger partial charge >= 0.3 is 0 Å². The summed E-state index contributed by atoms with van der Waals surface area (Å²) in [6.45, 7) is 3.10. The van der Waals surface area contributed by atoms with Crippen LogP contribution in [0.5, 0.6) is 11.5 Å². The van der Waals surface area contributed by atoms with E-state index in [1.54, 1.807) is 14.2 Å². The normalized spacial score (nSPS) is 22.5. The standard InChI is InChI=1S/C14H22N2O3/c1-18-12-3-10(4-13(5-12)19-2)6-15-7-11-8-16-9-14(11)17/h3-5,11,14-17H,6-9H2,1-2H3. The zero-order valence-corrected chi connectivity index (χ0v) is 11.5. The van der Waals surface area contributed by atoms with Crippen molar-refractivity contribution in [2.45, 2.75) is 12.6 Å². The highest BCUT2D eigenvalue weighted by atomic mass is 16.5. The van der Waals surface area contributed by atoms with Crippen molar-refractivity contribution < 1.29 is 14.6 Å². The molecule has 1 aliphatic heterocycles. The highest BCUT2D eigenvalue weighted by molar-refractivity contribution is 5.38. The molecule has 0 radical (unpaired) electrons. The molecule has 19 heavy (non-hydrogen) atoms. The number of aliphatic hydroxyl groups is 1. The van der Waals surface area contributed by atoms with Gasteiger partial charge in [-0.25, -0.2) is 0 Å². The molecular weight excluding hydrogens is 244 g/mol. The Labute approximate surface area is 113 Å². The van der Waals surface area contributed by atoms with Crippen molar-refractivity contribution in [3.63, 3.8) is 0 Å². The van der Waals surface area contributed by atoms with Crippen LogP contribution in [-0.2, 0) is 6.54 Å². The van der Waals surface area contributed by atoms with Gasteiger partial charge < -0.3 is 25.2 Å². The molecular formula is C14H22N2O3. The lowest BCUT2D eigenvalue weighted by atomic mass is 10.1. The average molecular weight is 266 g/mol. The van der Waals surface area contributed by atoms with E-state index in [0.29, 0.717) is 6.54 Å². The first kappa shape index (κ1) is 14.1. The number of hydrogen-bond acceptors (Lipinski definition) is 5. The highest BCUT2D eigenvalue weighted by Gasteiger charge is 2.23. The van der Waals surface area contributed by atoms with Gasteiger partial charge in [-0.15, -0.1) is 0 Å². The Morgan fingerprint density at radius 1 is 1.21 bits per heavy atom. The van der Waals surface area contributed by atoms with Gasteiger partial charge in [-0.1, -0.05) is 0 Å². The van der Waals surface area contributed by atoms with E-state index >= 15 is 0 Å². The lowest BCUT2D eigenvalue weighted by Gasteiger charge is -2.15. The Bertz CT molecular complexity index is 389. The van der Waals surface area contributed by atoms with Crippen LogP contribution in [-0.4, -0.2) is 45.1 Å². The van der Waals surface area contributed by atoms with Gasteiger partial charge in [0.05, 0.1) is 20.3 Å². The Morgan fingerprint density at radius 2 is 1.89 bits per heavy atom. The Kier molecular flexibility index (Phi) is 5.01. The van der Waals surface area contributed by atoms with E-state index in [0.717, 1.165) is 36.7 Å². The largest absolute Gasteiger partial charge is 0.497 e. The smallest absolute Gasteiger partial charge is 0.122 e. The van der Waals surface area contributed by atoms with Crippen molar-refractivity contribution in [1.29, 1.82) is 0 Å². The maximum Gasteiger partial charge on any atom is 0.122 e. The quantitative estimate of drug-likeness (QED) is 0.694. The van der Waals surface area contributed by atoms with Crippen LogP contribution in [0.4, 0.5) is 0 Å². The zero-order chi connectivity index (χ0) is 13.7. The number of rotatable bonds is 6. The van der Waals surface area contributed by atoms with E-state index in [1.165, 1.54) is 0 Å². The van der Waals surface area contributed by atoms with E-state index in [9.17, 15) is 5.11 Å². The van der Waals surface area contributed by atoms with Gasteiger partial charge in [0.1, 0.15) is 11.5 Å². The van der Waals surface area contributed by atoms with Crippen molar-refractivity contribution in [1.82, 2.24) is 10.6 Å². The van der Waals surface area contributed by atoms with Crippen LogP contribution in [0.25, 0.3) is 0 Å². The second-order valence-electron chi connectivity index (χ2n) is 4.84. The second-order valence-corrected chi connectivity index (χ2v) is 4.84. The summed E-state index contributed by atoms with van der Waals surface area (Å²) in [5.74, 6) is 1.87. The third-order valence-electron chi connectivity index (χ3n) is 3.45. The fraction of sp³-hybridized carbons (Fsp3) is 0.571. The monoisotopic (exact) mass is 266 g/mol. The summed E-state index contributed by atoms with van der Waals surface area (Å²) in [6.07, 6.45) is -0.243. The van der Waals surface area contributed by atoms with Gasteiger partial charge in [0.25, 0.3) is 0 Å². The van der Waals surface area contributed by atoms with Crippen molar-refractivity contribution in [3.05, 3.63) is 23.8 Å². The van der Waals surface area contributed by atoms with E-state index in [1.807, 2.05) is 18.2 Å². The fourth-order valence-corrected chi connectivity index (χ4v) is 2.30. The van der Waals surface area contributed by atoms with Crippen LogP contribution in [0.2, 0.25) is 0 Å². The molecule has 0 bridgehead atoms. The molecule has 1 saturated heterocycles. The molecule has 1 aliphatic rings. The molecule has 106 valence electrons. The van der Waals surface area contributed by atoms with Crippen molar-refractivity contribution in [3.8, 4) is 11.5 Å². The van der Waals surface area contributed by atoms with Crippen LogP contribution >= 0.6 is 0 Å². The molecule has 3 N–H and O–H groups in total. The number of methoxy groups -OCH3 is 2. The molecule has 2 rings (SSSR count). The molecule has 0 saturated carbocycles. The van der Waals surface area contributed by atoms with Crippen LogP contribution in [0.15, 0.2) is 18.2 Å². The Balaban J connectivity index is 1.88. The molecule has 0 amide bonds. The molecule has 1 fully saturated rings. The predicted molar refractivity (Wildman–Crippen MR) is 73.6 cm³/mol. The maximum absolute atomic E-state index is 9.71. The number of β-amino-alcohol motifs (C(OH)–C–C–N with tert-alkyl or cyclic N) is 1. The van der Waals surface area contributed by atoms with Crippen LogP contribution in [0, 0.1) is 5.92 Å². The zero-order valence-electron chi connectivity index (χ0n) is 11.5. The molecule has 1 aromatic carbocycles. The third kappa shape index (κ3) is 3.83. The number of nitrogens with one attached hydrogen (secondary N) is 2. The number of aliphatic hydroxyl groups excluding tert-OH is 1. The topological polar surface area (TPSA) is 62.8 Å². The SMILES string of the molecule is COc1cc(CNCC2CNCC2O)cc(OC)c1. The molecule has 5 heteroatoms. The van der Waals surface area contributed by atoms with Crippen molar-refractivity contribution >= 4 is 0 Å². The lowest BCUT2D eigenvalue weighted by Crippen LogP contribution is -2.30. The van der Waals surface area contributed by atoms with Gasteiger partial charge in [0.2, 0.25) is 0 Å². The second kappa shape index (κ2) is 6.75. The molecule has 0 spiro atoms. The van der Waals surface area contributed by atoms with E-state index < -0.39 is 0 Å². The molecule has 2 unspecified atom stereocenters. The van der Waals surface area contributed by atoms with Crippen molar-refractivity contribution in [2.75, 3.05) is 33.9 Å². The summed E-state index contributed by atoms with van der Waals surface area (Å²) in [6, 6.07) is 5.83. The molecule has 1 heterocycles. The van der Waals surface area contributed by atoms with Gasteiger partial charge in [0.15, 0.2) is 0 Å². The first-order valence-electron chi connectivity index (χ1n) is 6.54. The number of ether oxygens (including phenoxy) is 2. The molecule has 2 atom stereocenters. The highest BCUT2D eigenvalue weighted by Crippen LogP contribution is 2.22. The first-order valence-corrected chi connectivity index (χ1v) is 6.54. The predicted octanol–water partition coefficient (Wildman–Crippen LogP) is 0.374. The van der Waals surface area contributed by atoms with Crippen LogP contribution in [0.3, 0.4) is 0 Å². The average Bonchev–Trinajstić information content (AvgIpc) is 2.84. The Morgan fingerprint density at radius 3 is 2.42 bits per heavy atom.